The van der Waals surface area contributed by atoms with Crippen LogP contribution in [0.1, 0.15) is 15.9 Å². The SMILES string of the molecule is COC(=O)c1ccc(NC(=O)/C(C#N)=C\c2ccc(OCC(=O)Nc3ccccc3Cl)c(Br)c2)cc1. The van der Waals surface area contributed by atoms with Gasteiger partial charge in [0.2, 0.25) is 0 Å². The van der Waals surface area contributed by atoms with E-state index in [0.29, 0.717) is 37.7 Å². The summed E-state index contributed by atoms with van der Waals surface area (Å²) in [7, 11) is 1.28. The molecule has 3 aromatic rings. The number of amides is 2. The van der Waals surface area contributed by atoms with Crippen molar-refractivity contribution in [3.05, 3.63) is 92.9 Å². The third kappa shape index (κ3) is 7.18. The summed E-state index contributed by atoms with van der Waals surface area (Å²) in [6.45, 7) is -0.250. The summed E-state index contributed by atoms with van der Waals surface area (Å²) < 4.78 is 10.7. The Kier molecular flexibility index (Phi) is 9.22. The molecule has 0 aromatic heterocycles. The second kappa shape index (κ2) is 12.5. The van der Waals surface area contributed by atoms with E-state index in [9.17, 15) is 19.6 Å². The van der Waals surface area contributed by atoms with Gasteiger partial charge >= 0.3 is 5.97 Å². The first-order valence-electron chi connectivity index (χ1n) is 10.4. The molecule has 0 bridgehead atoms. The number of esters is 1. The predicted molar refractivity (Wildman–Crippen MR) is 140 cm³/mol. The van der Waals surface area contributed by atoms with Gasteiger partial charge in [-0.15, -0.1) is 0 Å². The highest BCUT2D eigenvalue weighted by Crippen LogP contribution is 2.27. The first-order chi connectivity index (χ1) is 17.3. The first-order valence-corrected chi connectivity index (χ1v) is 11.6. The second-order valence-electron chi connectivity index (χ2n) is 7.20. The molecule has 3 aromatic carbocycles. The number of hydrogen-bond donors (Lipinski definition) is 2. The Morgan fingerprint density at radius 3 is 2.42 bits per heavy atom. The van der Waals surface area contributed by atoms with Gasteiger partial charge in [0.1, 0.15) is 17.4 Å². The fourth-order valence-electron chi connectivity index (χ4n) is 2.94. The number of carbonyl (C=O) groups excluding carboxylic acids is 3. The summed E-state index contributed by atoms with van der Waals surface area (Å²) >= 11 is 9.41. The van der Waals surface area contributed by atoms with Gasteiger partial charge in [-0.25, -0.2) is 4.79 Å². The van der Waals surface area contributed by atoms with E-state index in [4.69, 9.17) is 16.3 Å². The second-order valence-corrected chi connectivity index (χ2v) is 8.46. The van der Waals surface area contributed by atoms with Crippen LogP contribution in [0.2, 0.25) is 5.02 Å². The average molecular weight is 569 g/mol. The molecule has 36 heavy (non-hydrogen) atoms. The van der Waals surface area contributed by atoms with Crippen LogP contribution in [0.4, 0.5) is 11.4 Å². The molecule has 0 fully saturated rings. The lowest BCUT2D eigenvalue weighted by Crippen LogP contribution is -2.20. The van der Waals surface area contributed by atoms with Gasteiger partial charge in [-0.2, -0.15) is 5.26 Å². The van der Waals surface area contributed by atoms with Crippen LogP contribution < -0.4 is 15.4 Å². The Morgan fingerprint density at radius 1 is 1.06 bits per heavy atom. The van der Waals surface area contributed by atoms with Crippen LogP contribution in [0, 0.1) is 11.3 Å². The molecule has 2 N–H and O–H groups in total. The maximum Gasteiger partial charge on any atom is 0.337 e. The highest BCUT2D eigenvalue weighted by Gasteiger charge is 2.12. The Bertz CT molecular complexity index is 1370. The van der Waals surface area contributed by atoms with Gasteiger partial charge in [0, 0.05) is 5.69 Å². The molecule has 0 unspecified atom stereocenters. The fourth-order valence-corrected chi connectivity index (χ4v) is 3.63. The molecule has 0 radical (unpaired) electrons. The summed E-state index contributed by atoms with van der Waals surface area (Å²) in [6.07, 6.45) is 1.41. The smallest absolute Gasteiger partial charge is 0.337 e. The molecule has 3 rings (SSSR count). The van der Waals surface area contributed by atoms with Gasteiger partial charge in [-0.05, 0) is 76.1 Å². The number of anilines is 2. The normalized spacial score (nSPS) is 10.7. The van der Waals surface area contributed by atoms with E-state index in [0.717, 1.165) is 0 Å². The lowest BCUT2D eigenvalue weighted by atomic mass is 10.1. The van der Waals surface area contributed by atoms with Crippen LogP contribution in [-0.4, -0.2) is 31.5 Å². The number of nitriles is 1. The van der Waals surface area contributed by atoms with E-state index in [-0.39, 0.29) is 18.1 Å². The van der Waals surface area contributed by atoms with Gasteiger partial charge in [-0.1, -0.05) is 29.8 Å². The monoisotopic (exact) mass is 567 g/mol. The van der Waals surface area contributed by atoms with E-state index in [2.05, 4.69) is 31.3 Å². The zero-order chi connectivity index (χ0) is 26.1. The summed E-state index contributed by atoms with van der Waals surface area (Å²) in [5, 5.41) is 15.2. The highest BCUT2D eigenvalue weighted by molar-refractivity contribution is 9.10. The minimum Gasteiger partial charge on any atom is -0.483 e. The number of benzene rings is 3. The Balaban J connectivity index is 1.63. The van der Waals surface area contributed by atoms with Crippen molar-refractivity contribution in [2.75, 3.05) is 24.4 Å². The molecule has 0 saturated heterocycles. The average Bonchev–Trinajstić information content (AvgIpc) is 2.88. The maximum absolute atomic E-state index is 12.5. The van der Waals surface area contributed by atoms with E-state index >= 15 is 0 Å². The molecular weight excluding hydrogens is 550 g/mol. The molecule has 10 heteroatoms. The lowest BCUT2D eigenvalue weighted by molar-refractivity contribution is -0.118. The van der Waals surface area contributed by atoms with Gasteiger partial charge < -0.3 is 20.1 Å². The van der Waals surface area contributed by atoms with Gasteiger partial charge in [0.05, 0.1) is 27.9 Å². The molecular formula is C26H19BrClN3O5. The predicted octanol–water partition coefficient (Wildman–Crippen LogP) is 5.45. The van der Waals surface area contributed by atoms with Crippen LogP contribution in [-0.2, 0) is 14.3 Å². The molecule has 0 saturated carbocycles. The zero-order valence-electron chi connectivity index (χ0n) is 18.9. The van der Waals surface area contributed by atoms with E-state index < -0.39 is 11.9 Å². The van der Waals surface area contributed by atoms with Crippen molar-refractivity contribution in [2.45, 2.75) is 0 Å². The molecule has 0 atom stereocenters. The summed E-state index contributed by atoms with van der Waals surface area (Å²) in [6, 6.07) is 19.7. The van der Waals surface area contributed by atoms with Crippen LogP contribution in [0.15, 0.2) is 76.8 Å². The quantitative estimate of drug-likeness (QED) is 0.212. The van der Waals surface area contributed by atoms with Crippen molar-refractivity contribution in [3.63, 3.8) is 0 Å². The Hall–Kier alpha value is -4.13. The molecule has 0 spiro atoms. The number of ether oxygens (including phenoxy) is 2. The summed E-state index contributed by atoms with van der Waals surface area (Å²) in [5.74, 6) is -1.10. The van der Waals surface area contributed by atoms with Crippen LogP contribution in [0.5, 0.6) is 5.75 Å². The molecule has 8 nitrogen and oxygen atoms in total. The van der Waals surface area contributed by atoms with Gasteiger partial charge in [0.15, 0.2) is 6.61 Å². The molecule has 0 heterocycles. The van der Waals surface area contributed by atoms with E-state index in [1.807, 2.05) is 6.07 Å². The van der Waals surface area contributed by atoms with Crippen molar-refractivity contribution in [1.29, 1.82) is 5.26 Å². The largest absolute Gasteiger partial charge is 0.483 e. The van der Waals surface area contributed by atoms with E-state index in [1.54, 1.807) is 42.5 Å². The molecule has 0 aliphatic carbocycles. The third-order valence-corrected chi connectivity index (χ3v) is 5.65. The summed E-state index contributed by atoms with van der Waals surface area (Å²) in [5.41, 5.74) is 1.65. The standard InChI is InChI=1S/C26H19BrClN3O5/c1-35-26(34)17-7-9-19(10-8-17)30-25(33)18(14-29)12-16-6-11-23(20(27)13-16)36-15-24(32)31-22-5-3-2-4-21(22)28/h2-13H,15H2,1H3,(H,30,33)(H,31,32)/b18-12-. The number of nitrogens with one attached hydrogen (secondary N) is 2. The molecule has 2 amide bonds. The number of hydrogen-bond acceptors (Lipinski definition) is 6. The maximum atomic E-state index is 12.5. The number of rotatable bonds is 8. The van der Waals surface area contributed by atoms with Crippen LogP contribution in [0.3, 0.4) is 0 Å². The molecule has 0 aliphatic heterocycles. The topological polar surface area (TPSA) is 118 Å². The number of nitrogens with zero attached hydrogens (tertiary/aromatic N) is 1. The number of para-hydroxylation sites is 1. The number of carbonyl (C=O) groups is 3. The van der Waals surface area contributed by atoms with Gasteiger partial charge in [-0.3, -0.25) is 9.59 Å². The van der Waals surface area contributed by atoms with Crippen LogP contribution >= 0.6 is 27.5 Å². The number of halogens is 2. The Labute approximate surface area is 220 Å². The first kappa shape index (κ1) is 26.5. The van der Waals surface area contributed by atoms with Crippen molar-refractivity contribution in [1.82, 2.24) is 0 Å². The highest BCUT2D eigenvalue weighted by atomic mass is 79.9. The minimum absolute atomic E-state index is 0.133. The van der Waals surface area contributed by atoms with E-state index in [1.165, 1.54) is 37.5 Å². The number of methoxy groups -OCH3 is 1. The molecule has 0 aliphatic rings. The summed E-state index contributed by atoms with van der Waals surface area (Å²) in [4.78, 5) is 36.2. The lowest BCUT2D eigenvalue weighted by Gasteiger charge is -2.10. The van der Waals surface area contributed by atoms with Crippen LogP contribution in [0.25, 0.3) is 6.08 Å². The third-order valence-electron chi connectivity index (χ3n) is 4.70. The zero-order valence-corrected chi connectivity index (χ0v) is 21.2. The van der Waals surface area contributed by atoms with Crippen molar-refractivity contribution < 1.29 is 23.9 Å². The Morgan fingerprint density at radius 2 is 1.78 bits per heavy atom. The van der Waals surface area contributed by atoms with Crippen molar-refractivity contribution in [3.8, 4) is 11.8 Å². The van der Waals surface area contributed by atoms with Gasteiger partial charge in [0.25, 0.3) is 11.8 Å². The van der Waals surface area contributed by atoms with Crippen molar-refractivity contribution >= 4 is 62.8 Å². The molecule has 182 valence electrons. The minimum atomic E-state index is -0.615. The fraction of sp³-hybridized carbons (Fsp3) is 0.0769. The van der Waals surface area contributed by atoms with Crippen molar-refractivity contribution in [2.24, 2.45) is 0 Å².